The van der Waals surface area contributed by atoms with Crippen LogP contribution in [0.2, 0.25) is 0 Å². The zero-order valence-corrected chi connectivity index (χ0v) is 7.13. The number of aromatic nitrogens is 1. The van der Waals surface area contributed by atoms with Crippen LogP contribution >= 0.6 is 15.9 Å². The number of nitrogens with one attached hydrogen (secondary N) is 1. The first-order valence-corrected chi connectivity index (χ1v) is 3.67. The van der Waals surface area contributed by atoms with E-state index in [1.54, 1.807) is 18.2 Å². The van der Waals surface area contributed by atoms with Crippen molar-refractivity contribution in [3.8, 4) is 0 Å². The molecule has 0 unspecified atom stereocenters. The number of nitrogens with two attached hydrogens (primary N) is 1. The second kappa shape index (κ2) is 3.45. The van der Waals surface area contributed by atoms with Crippen molar-refractivity contribution in [2.24, 2.45) is 5.84 Å². The maximum atomic E-state index is 10.8. The predicted molar refractivity (Wildman–Crippen MR) is 43.6 cm³/mol. The summed E-state index contributed by atoms with van der Waals surface area (Å²) >= 11 is 3.13. The third-order valence-corrected chi connectivity index (χ3v) is 1.52. The van der Waals surface area contributed by atoms with Crippen LogP contribution < -0.4 is 11.3 Å². The van der Waals surface area contributed by atoms with Crippen LogP contribution in [0.5, 0.6) is 0 Å². The van der Waals surface area contributed by atoms with Crippen molar-refractivity contribution < 1.29 is 4.79 Å². The Labute approximate surface area is 71.9 Å². The summed E-state index contributed by atoms with van der Waals surface area (Å²) in [5.74, 6) is 4.50. The number of hydrazine groups is 1. The molecule has 5 heteroatoms. The van der Waals surface area contributed by atoms with Gasteiger partial charge in [-0.3, -0.25) is 10.2 Å². The van der Waals surface area contributed by atoms with E-state index in [4.69, 9.17) is 5.84 Å². The smallest absolute Gasteiger partial charge is 0.283 e. The molecule has 58 valence electrons. The molecule has 4 nitrogen and oxygen atoms in total. The second-order valence-corrected chi connectivity index (χ2v) is 2.63. The standard InChI is InChI=1S/C6H6BrN3O/c7-5-3-1-2-4(9-5)6(11)10-8/h1-3H,8H2,(H,10,11). The lowest BCUT2D eigenvalue weighted by Crippen LogP contribution is -2.30. The SMILES string of the molecule is NNC(=O)c1cccc(Br)n1. The van der Waals surface area contributed by atoms with Crippen molar-refractivity contribution >= 4 is 21.8 Å². The van der Waals surface area contributed by atoms with Crippen molar-refractivity contribution in [2.45, 2.75) is 0 Å². The van der Waals surface area contributed by atoms with Gasteiger partial charge in [0.1, 0.15) is 10.3 Å². The highest BCUT2D eigenvalue weighted by atomic mass is 79.9. The lowest BCUT2D eigenvalue weighted by Gasteiger charge is -1.97. The van der Waals surface area contributed by atoms with E-state index in [1.165, 1.54) is 0 Å². The Bertz CT molecular complexity index is 276. The fourth-order valence-corrected chi connectivity index (χ4v) is 0.952. The molecule has 0 saturated carbocycles. The van der Waals surface area contributed by atoms with Gasteiger partial charge in [-0.2, -0.15) is 0 Å². The minimum Gasteiger partial charge on any atom is -0.289 e. The van der Waals surface area contributed by atoms with Crippen molar-refractivity contribution in [3.05, 3.63) is 28.5 Å². The zero-order chi connectivity index (χ0) is 8.27. The summed E-state index contributed by atoms with van der Waals surface area (Å²) in [6, 6.07) is 5.02. The third-order valence-electron chi connectivity index (χ3n) is 1.08. The molecular formula is C6H6BrN3O. The number of nitrogen functional groups attached to an aromatic ring is 1. The molecule has 1 aromatic rings. The Kier molecular flexibility index (Phi) is 2.56. The summed E-state index contributed by atoms with van der Waals surface area (Å²) in [5.41, 5.74) is 2.28. The van der Waals surface area contributed by atoms with Crippen LogP contribution in [-0.4, -0.2) is 10.9 Å². The molecule has 1 rings (SSSR count). The summed E-state index contributed by atoms with van der Waals surface area (Å²) < 4.78 is 0.610. The van der Waals surface area contributed by atoms with Gasteiger partial charge in [-0.05, 0) is 28.1 Å². The molecule has 0 bridgehead atoms. The maximum Gasteiger partial charge on any atom is 0.283 e. The lowest BCUT2D eigenvalue weighted by atomic mass is 10.3. The molecule has 0 radical (unpaired) electrons. The number of halogens is 1. The number of carbonyl (C=O) groups excluding carboxylic acids is 1. The van der Waals surface area contributed by atoms with Gasteiger partial charge >= 0.3 is 0 Å². The molecule has 3 N–H and O–H groups in total. The van der Waals surface area contributed by atoms with Crippen LogP contribution in [0.4, 0.5) is 0 Å². The first-order valence-electron chi connectivity index (χ1n) is 2.87. The number of rotatable bonds is 1. The highest BCUT2D eigenvalue weighted by molar-refractivity contribution is 9.10. The molecular weight excluding hydrogens is 210 g/mol. The van der Waals surface area contributed by atoms with Crippen molar-refractivity contribution in [1.82, 2.24) is 10.4 Å². The van der Waals surface area contributed by atoms with E-state index in [1.807, 2.05) is 5.43 Å². The van der Waals surface area contributed by atoms with E-state index >= 15 is 0 Å². The fraction of sp³-hybridized carbons (Fsp3) is 0. The molecule has 11 heavy (non-hydrogen) atoms. The molecule has 0 fully saturated rings. The van der Waals surface area contributed by atoms with Gasteiger partial charge in [0.2, 0.25) is 0 Å². The zero-order valence-electron chi connectivity index (χ0n) is 5.54. The molecule has 0 saturated heterocycles. The molecule has 1 heterocycles. The van der Waals surface area contributed by atoms with E-state index in [0.29, 0.717) is 10.3 Å². The predicted octanol–water partition coefficient (Wildman–Crippen LogP) is 0.448. The molecule has 1 amide bonds. The van der Waals surface area contributed by atoms with Gasteiger partial charge in [0.15, 0.2) is 0 Å². The van der Waals surface area contributed by atoms with E-state index in [0.717, 1.165) is 0 Å². The molecule has 0 aliphatic rings. The first-order chi connectivity index (χ1) is 5.24. The number of hydrogen-bond acceptors (Lipinski definition) is 3. The summed E-state index contributed by atoms with van der Waals surface area (Å²) in [7, 11) is 0. The molecule has 0 aliphatic carbocycles. The van der Waals surface area contributed by atoms with Gasteiger partial charge in [0.25, 0.3) is 5.91 Å². The minimum atomic E-state index is -0.397. The Hall–Kier alpha value is -0.940. The Morgan fingerprint density at radius 1 is 1.64 bits per heavy atom. The summed E-state index contributed by atoms with van der Waals surface area (Å²) in [5, 5.41) is 0. The average molecular weight is 216 g/mol. The number of nitrogens with zero attached hydrogens (tertiary/aromatic N) is 1. The monoisotopic (exact) mass is 215 g/mol. The van der Waals surface area contributed by atoms with Crippen LogP contribution in [0.25, 0.3) is 0 Å². The van der Waals surface area contributed by atoms with Crippen LogP contribution in [0, 0.1) is 0 Å². The molecule has 0 spiro atoms. The number of hydrogen-bond donors (Lipinski definition) is 2. The Balaban J connectivity index is 2.96. The normalized spacial score (nSPS) is 9.27. The first kappa shape index (κ1) is 8.16. The maximum absolute atomic E-state index is 10.8. The molecule has 1 aromatic heterocycles. The van der Waals surface area contributed by atoms with Gasteiger partial charge < -0.3 is 0 Å². The minimum absolute atomic E-state index is 0.293. The number of amides is 1. The van der Waals surface area contributed by atoms with Crippen LogP contribution in [0.1, 0.15) is 10.5 Å². The van der Waals surface area contributed by atoms with Crippen molar-refractivity contribution in [3.63, 3.8) is 0 Å². The summed E-state index contributed by atoms with van der Waals surface area (Å²) in [6.45, 7) is 0. The van der Waals surface area contributed by atoms with Crippen molar-refractivity contribution in [2.75, 3.05) is 0 Å². The van der Waals surface area contributed by atoms with Crippen molar-refractivity contribution in [1.29, 1.82) is 0 Å². The summed E-state index contributed by atoms with van der Waals surface area (Å²) in [6.07, 6.45) is 0. The molecule has 0 aromatic carbocycles. The molecule has 0 aliphatic heterocycles. The Morgan fingerprint density at radius 2 is 2.36 bits per heavy atom. The van der Waals surface area contributed by atoms with Gasteiger partial charge in [-0.25, -0.2) is 10.8 Å². The average Bonchev–Trinajstić information content (AvgIpc) is 2.03. The van der Waals surface area contributed by atoms with Crippen LogP contribution in [0.15, 0.2) is 22.8 Å². The van der Waals surface area contributed by atoms with E-state index in [9.17, 15) is 4.79 Å². The number of pyridine rings is 1. The lowest BCUT2D eigenvalue weighted by molar-refractivity contribution is 0.0948. The van der Waals surface area contributed by atoms with Gasteiger partial charge in [-0.1, -0.05) is 6.07 Å². The highest BCUT2D eigenvalue weighted by Crippen LogP contribution is 2.05. The summed E-state index contributed by atoms with van der Waals surface area (Å²) in [4.78, 5) is 14.7. The Morgan fingerprint density at radius 3 is 2.91 bits per heavy atom. The van der Waals surface area contributed by atoms with Crippen LogP contribution in [0.3, 0.4) is 0 Å². The second-order valence-electron chi connectivity index (χ2n) is 1.82. The van der Waals surface area contributed by atoms with E-state index < -0.39 is 5.91 Å². The largest absolute Gasteiger partial charge is 0.289 e. The van der Waals surface area contributed by atoms with E-state index in [2.05, 4.69) is 20.9 Å². The topological polar surface area (TPSA) is 68.0 Å². The van der Waals surface area contributed by atoms with Crippen LogP contribution in [-0.2, 0) is 0 Å². The molecule has 0 atom stereocenters. The highest BCUT2D eigenvalue weighted by Gasteiger charge is 2.03. The van der Waals surface area contributed by atoms with Gasteiger partial charge in [-0.15, -0.1) is 0 Å². The van der Waals surface area contributed by atoms with E-state index in [-0.39, 0.29) is 0 Å². The third kappa shape index (κ3) is 1.99. The van der Waals surface area contributed by atoms with Gasteiger partial charge in [0, 0.05) is 0 Å². The number of carbonyl (C=O) groups is 1. The fourth-order valence-electron chi connectivity index (χ4n) is 0.609. The van der Waals surface area contributed by atoms with Gasteiger partial charge in [0.05, 0.1) is 0 Å². The quantitative estimate of drug-likeness (QED) is 0.310.